The predicted octanol–water partition coefficient (Wildman–Crippen LogP) is 1.55. The first-order valence-corrected chi connectivity index (χ1v) is 5.48. The van der Waals surface area contributed by atoms with Gasteiger partial charge in [-0.25, -0.2) is 0 Å². The topological polar surface area (TPSA) is 44.1 Å². The van der Waals surface area contributed by atoms with Crippen LogP contribution >= 0.6 is 0 Å². The molecule has 2 fully saturated rings. The third-order valence-corrected chi connectivity index (χ3v) is 3.49. The van der Waals surface area contributed by atoms with E-state index in [0.29, 0.717) is 30.7 Å². The highest BCUT2D eigenvalue weighted by molar-refractivity contribution is 5.81. The summed E-state index contributed by atoms with van der Waals surface area (Å²) in [6.45, 7) is 1.55. The number of nitrogens with zero attached hydrogens (tertiary/aromatic N) is 2. The van der Waals surface area contributed by atoms with Gasteiger partial charge in [0.1, 0.15) is 0 Å². The number of carbonyl (C=O) groups is 1. The van der Waals surface area contributed by atoms with Crippen molar-refractivity contribution < 1.29 is 4.79 Å². The Kier molecular flexibility index (Phi) is 2.72. The summed E-state index contributed by atoms with van der Waals surface area (Å²) in [7, 11) is 0. The standard InChI is InChI=1S/C11H16N2O/c12-6-3-7-13-8-9-4-1-2-5-10(9)11(13)14/h9-10H,1-5,7-8H2/t9-,10-/m0/s1. The number of likely N-dealkylation sites (tertiary alicyclic amines) is 1. The average Bonchev–Trinajstić information content (AvgIpc) is 2.54. The van der Waals surface area contributed by atoms with Gasteiger partial charge in [-0.1, -0.05) is 12.8 Å². The highest BCUT2D eigenvalue weighted by Crippen LogP contribution is 2.36. The van der Waals surface area contributed by atoms with Crippen LogP contribution in [0.3, 0.4) is 0 Å². The van der Waals surface area contributed by atoms with Crippen LogP contribution in [0.25, 0.3) is 0 Å². The Morgan fingerprint density at radius 1 is 1.43 bits per heavy atom. The van der Waals surface area contributed by atoms with Crippen molar-refractivity contribution in [2.45, 2.75) is 32.1 Å². The van der Waals surface area contributed by atoms with Gasteiger partial charge in [-0.05, 0) is 18.8 Å². The molecule has 0 N–H and O–H groups in total. The summed E-state index contributed by atoms with van der Waals surface area (Å²) in [6.07, 6.45) is 5.25. The molecule has 0 unspecified atom stereocenters. The third-order valence-electron chi connectivity index (χ3n) is 3.49. The van der Waals surface area contributed by atoms with E-state index in [4.69, 9.17) is 5.26 Å². The number of amides is 1. The Morgan fingerprint density at radius 2 is 2.21 bits per heavy atom. The van der Waals surface area contributed by atoms with Crippen molar-refractivity contribution in [2.24, 2.45) is 11.8 Å². The van der Waals surface area contributed by atoms with E-state index in [2.05, 4.69) is 6.07 Å². The van der Waals surface area contributed by atoms with Crippen molar-refractivity contribution in [3.63, 3.8) is 0 Å². The lowest BCUT2D eigenvalue weighted by molar-refractivity contribution is -0.131. The molecule has 2 aliphatic rings. The summed E-state index contributed by atoms with van der Waals surface area (Å²) in [5, 5.41) is 8.48. The van der Waals surface area contributed by atoms with E-state index >= 15 is 0 Å². The highest BCUT2D eigenvalue weighted by Gasteiger charge is 2.40. The van der Waals surface area contributed by atoms with Gasteiger partial charge in [-0.2, -0.15) is 5.26 Å². The molecular formula is C11H16N2O. The zero-order chi connectivity index (χ0) is 9.97. The van der Waals surface area contributed by atoms with E-state index in [9.17, 15) is 4.79 Å². The molecule has 0 aromatic rings. The summed E-state index contributed by atoms with van der Waals surface area (Å²) in [4.78, 5) is 13.8. The first kappa shape index (κ1) is 9.51. The first-order chi connectivity index (χ1) is 6.83. The van der Waals surface area contributed by atoms with Crippen LogP contribution in [0.4, 0.5) is 0 Å². The SMILES string of the molecule is N#CCCN1C[C@@H]2CCCC[C@@H]2C1=O. The van der Waals surface area contributed by atoms with Crippen molar-refractivity contribution in [1.82, 2.24) is 4.90 Å². The van der Waals surface area contributed by atoms with Crippen molar-refractivity contribution in [2.75, 3.05) is 13.1 Å². The summed E-state index contributed by atoms with van der Waals surface area (Å²) < 4.78 is 0. The van der Waals surface area contributed by atoms with E-state index in [1.54, 1.807) is 0 Å². The summed E-state index contributed by atoms with van der Waals surface area (Å²) in [5.74, 6) is 1.20. The van der Waals surface area contributed by atoms with E-state index < -0.39 is 0 Å². The van der Waals surface area contributed by atoms with Gasteiger partial charge in [0.05, 0.1) is 12.5 Å². The minimum Gasteiger partial charge on any atom is -0.341 e. The Bertz CT molecular complexity index is 269. The number of nitriles is 1. The summed E-state index contributed by atoms with van der Waals surface area (Å²) in [6, 6.07) is 2.10. The smallest absolute Gasteiger partial charge is 0.226 e. The summed E-state index contributed by atoms with van der Waals surface area (Å²) >= 11 is 0. The maximum Gasteiger partial charge on any atom is 0.226 e. The lowest BCUT2D eigenvalue weighted by Gasteiger charge is -2.21. The molecule has 2 rings (SSSR count). The van der Waals surface area contributed by atoms with Crippen molar-refractivity contribution in [3.05, 3.63) is 0 Å². The van der Waals surface area contributed by atoms with Crippen molar-refractivity contribution in [1.29, 1.82) is 5.26 Å². The molecule has 0 spiro atoms. The summed E-state index contributed by atoms with van der Waals surface area (Å²) in [5.41, 5.74) is 0. The fourth-order valence-corrected chi connectivity index (χ4v) is 2.75. The molecule has 1 heterocycles. The van der Waals surface area contributed by atoms with Crippen LogP contribution in [-0.2, 0) is 4.79 Å². The van der Waals surface area contributed by atoms with Crippen LogP contribution in [0.5, 0.6) is 0 Å². The second-order valence-corrected chi connectivity index (χ2v) is 4.34. The molecule has 2 atom stereocenters. The number of fused-ring (bicyclic) bond motifs is 1. The molecule has 0 aromatic heterocycles. The van der Waals surface area contributed by atoms with Gasteiger partial charge in [-0.15, -0.1) is 0 Å². The van der Waals surface area contributed by atoms with Gasteiger partial charge < -0.3 is 4.90 Å². The Balaban J connectivity index is 1.96. The minimum atomic E-state index is 0.294. The highest BCUT2D eigenvalue weighted by atomic mass is 16.2. The molecule has 0 aromatic carbocycles. The molecule has 1 saturated heterocycles. The lowest BCUT2D eigenvalue weighted by atomic mass is 9.81. The number of hydrogen-bond acceptors (Lipinski definition) is 2. The number of carbonyl (C=O) groups excluding carboxylic acids is 1. The van der Waals surface area contributed by atoms with Gasteiger partial charge >= 0.3 is 0 Å². The molecule has 1 amide bonds. The molecule has 14 heavy (non-hydrogen) atoms. The molecule has 1 aliphatic heterocycles. The zero-order valence-corrected chi connectivity index (χ0v) is 8.41. The molecular weight excluding hydrogens is 176 g/mol. The normalized spacial score (nSPS) is 31.4. The van der Waals surface area contributed by atoms with E-state index in [-0.39, 0.29) is 0 Å². The molecule has 0 radical (unpaired) electrons. The van der Waals surface area contributed by atoms with Crippen LogP contribution < -0.4 is 0 Å². The van der Waals surface area contributed by atoms with Crippen molar-refractivity contribution >= 4 is 5.91 Å². The minimum absolute atomic E-state index is 0.294. The maximum absolute atomic E-state index is 11.9. The van der Waals surface area contributed by atoms with Gasteiger partial charge in [0.2, 0.25) is 5.91 Å². The Hall–Kier alpha value is -1.04. The molecule has 76 valence electrons. The quantitative estimate of drug-likeness (QED) is 0.666. The largest absolute Gasteiger partial charge is 0.341 e. The first-order valence-electron chi connectivity index (χ1n) is 5.48. The predicted molar refractivity (Wildman–Crippen MR) is 52.3 cm³/mol. The van der Waals surface area contributed by atoms with Crippen LogP contribution in [0, 0.1) is 23.2 Å². The fraction of sp³-hybridized carbons (Fsp3) is 0.818. The van der Waals surface area contributed by atoms with Crippen LogP contribution in [0.1, 0.15) is 32.1 Å². The molecule has 1 aliphatic carbocycles. The molecule has 1 saturated carbocycles. The Morgan fingerprint density at radius 3 is 2.93 bits per heavy atom. The number of rotatable bonds is 2. The fourth-order valence-electron chi connectivity index (χ4n) is 2.75. The second kappa shape index (κ2) is 4.00. The van der Waals surface area contributed by atoms with Gasteiger partial charge in [0.15, 0.2) is 0 Å². The molecule has 3 heteroatoms. The van der Waals surface area contributed by atoms with E-state index in [1.165, 1.54) is 19.3 Å². The van der Waals surface area contributed by atoms with E-state index in [1.807, 2.05) is 4.90 Å². The second-order valence-electron chi connectivity index (χ2n) is 4.34. The van der Waals surface area contributed by atoms with Crippen LogP contribution in [-0.4, -0.2) is 23.9 Å². The van der Waals surface area contributed by atoms with Gasteiger partial charge in [0, 0.05) is 19.0 Å². The van der Waals surface area contributed by atoms with Crippen LogP contribution in [0.15, 0.2) is 0 Å². The van der Waals surface area contributed by atoms with Crippen LogP contribution in [0.2, 0.25) is 0 Å². The number of hydrogen-bond donors (Lipinski definition) is 0. The zero-order valence-electron chi connectivity index (χ0n) is 8.41. The monoisotopic (exact) mass is 192 g/mol. The lowest BCUT2D eigenvalue weighted by Crippen LogP contribution is -2.28. The van der Waals surface area contributed by atoms with Gasteiger partial charge in [0.25, 0.3) is 0 Å². The molecule has 3 nitrogen and oxygen atoms in total. The van der Waals surface area contributed by atoms with E-state index in [0.717, 1.165) is 13.0 Å². The third kappa shape index (κ3) is 1.61. The van der Waals surface area contributed by atoms with Crippen molar-refractivity contribution in [3.8, 4) is 6.07 Å². The average molecular weight is 192 g/mol. The molecule has 0 bridgehead atoms. The Labute approximate surface area is 84.7 Å². The maximum atomic E-state index is 11.9. The van der Waals surface area contributed by atoms with Gasteiger partial charge in [-0.3, -0.25) is 4.79 Å².